The fraction of sp³-hybridized carbons (Fsp3) is 0.364. The molecule has 2 nitrogen and oxygen atoms in total. The summed E-state index contributed by atoms with van der Waals surface area (Å²) in [4.78, 5) is 2.10. The molecule has 27 heavy (non-hydrogen) atoms. The lowest BCUT2D eigenvalue weighted by molar-refractivity contribution is -0.127. The number of aryl methyl sites for hydroxylation is 1. The Kier molecular flexibility index (Phi) is 7.48. The van der Waals surface area contributed by atoms with Crippen LogP contribution in [0, 0.1) is 6.92 Å². The molecular formula is C22H27F3N2. The van der Waals surface area contributed by atoms with Gasteiger partial charge in [0.05, 0.1) is 6.42 Å². The first-order chi connectivity index (χ1) is 12.7. The van der Waals surface area contributed by atoms with Crippen molar-refractivity contribution in [1.29, 1.82) is 0 Å². The van der Waals surface area contributed by atoms with Crippen molar-refractivity contribution < 1.29 is 13.2 Å². The second kappa shape index (κ2) is 9.60. The molecule has 1 N–H and O–H groups in total. The van der Waals surface area contributed by atoms with Crippen molar-refractivity contribution in [3.63, 3.8) is 0 Å². The highest BCUT2D eigenvalue weighted by molar-refractivity contribution is 5.30. The zero-order chi connectivity index (χ0) is 19.9. The third-order valence-electron chi connectivity index (χ3n) is 4.23. The molecule has 0 aromatic heterocycles. The first kappa shape index (κ1) is 21.0. The Morgan fingerprint density at radius 3 is 2.37 bits per heavy atom. The van der Waals surface area contributed by atoms with Gasteiger partial charge in [-0.05, 0) is 37.1 Å². The van der Waals surface area contributed by atoms with E-state index in [2.05, 4.69) is 28.9 Å². The van der Waals surface area contributed by atoms with E-state index in [-0.39, 0.29) is 0 Å². The van der Waals surface area contributed by atoms with Crippen LogP contribution in [0.25, 0.3) is 0 Å². The maximum atomic E-state index is 12.6. The zero-order valence-corrected chi connectivity index (χ0v) is 15.9. The van der Waals surface area contributed by atoms with Crippen molar-refractivity contribution in [3.05, 3.63) is 83.1 Å². The number of halogens is 3. The van der Waals surface area contributed by atoms with Crippen LogP contribution in [0.4, 0.5) is 13.2 Å². The van der Waals surface area contributed by atoms with E-state index in [0.29, 0.717) is 12.1 Å². The van der Waals surface area contributed by atoms with Crippen LogP contribution in [-0.4, -0.2) is 24.7 Å². The predicted octanol–water partition coefficient (Wildman–Crippen LogP) is 5.23. The smallest absolute Gasteiger partial charge is 0.385 e. The van der Waals surface area contributed by atoms with Crippen LogP contribution in [0.3, 0.4) is 0 Å². The zero-order valence-electron chi connectivity index (χ0n) is 15.9. The third kappa shape index (κ3) is 8.31. The van der Waals surface area contributed by atoms with Gasteiger partial charge in [-0.1, -0.05) is 60.7 Å². The molecule has 0 saturated heterocycles. The summed E-state index contributed by atoms with van der Waals surface area (Å²) in [6, 6.07) is 15.3. The van der Waals surface area contributed by atoms with Gasteiger partial charge < -0.3 is 10.2 Å². The summed E-state index contributed by atoms with van der Waals surface area (Å²) in [6.07, 6.45) is -4.28. The molecule has 2 rings (SSSR count). The molecule has 0 saturated carbocycles. The summed E-state index contributed by atoms with van der Waals surface area (Å²) in [6.45, 7) is 8.02. The summed E-state index contributed by atoms with van der Waals surface area (Å²) in [5.74, 6) is 0. The number of nitrogens with zero attached hydrogens (tertiary/aromatic N) is 1. The molecule has 0 unspecified atom stereocenters. The van der Waals surface area contributed by atoms with Gasteiger partial charge >= 0.3 is 6.18 Å². The van der Waals surface area contributed by atoms with Crippen molar-refractivity contribution in [2.45, 2.75) is 39.0 Å². The molecule has 0 aliphatic rings. The molecule has 0 radical (unpaired) electrons. The maximum Gasteiger partial charge on any atom is 0.393 e. The van der Waals surface area contributed by atoms with Crippen molar-refractivity contribution >= 4 is 0 Å². The SMILES string of the molecule is C=C(CCN(C)Cc1cc(C)cc(CC(F)(F)F)c1)NCc1ccccc1. The van der Waals surface area contributed by atoms with Crippen LogP contribution < -0.4 is 5.32 Å². The van der Waals surface area contributed by atoms with E-state index in [0.717, 1.165) is 36.3 Å². The number of nitrogens with one attached hydrogen (secondary N) is 1. The molecule has 0 aliphatic heterocycles. The highest BCUT2D eigenvalue weighted by atomic mass is 19.4. The lowest BCUT2D eigenvalue weighted by atomic mass is 10.0. The Morgan fingerprint density at radius 1 is 1.04 bits per heavy atom. The van der Waals surface area contributed by atoms with E-state index in [4.69, 9.17) is 0 Å². The molecule has 0 bridgehead atoms. The molecule has 0 heterocycles. The van der Waals surface area contributed by atoms with E-state index in [1.165, 1.54) is 5.56 Å². The normalized spacial score (nSPS) is 11.6. The van der Waals surface area contributed by atoms with E-state index in [1.807, 2.05) is 38.2 Å². The second-order valence-corrected chi connectivity index (χ2v) is 7.05. The molecular weight excluding hydrogens is 349 g/mol. The monoisotopic (exact) mass is 376 g/mol. The largest absolute Gasteiger partial charge is 0.393 e. The minimum absolute atomic E-state index is 0.319. The Labute approximate surface area is 159 Å². The van der Waals surface area contributed by atoms with Gasteiger partial charge in [0.15, 0.2) is 0 Å². The van der Waals surface area contributed by atoms with Crippen LogP contribution in [0.15, 0.2) is 60.8 Å². The molecule has 0 spiro atoms. The Bertz CT molecular complexity index is 739. The molecule has 0 aliphatic carbocycles. The highest BCUT2D eigenvalue weighted by Crippen LogP contribution is 2.23. The number of rotatable bonds is 9. The Balaban J connectivity index is 1.81. The van der Waals surface area contributed by atoms with Gasteiger partial charge in [-0.15, -0.1) is 0 Å². The van der Waals surface area contributed by atoms with Gasteiger partial charge in [-0.25, -0.2) is 0 Å². The molecule has 5 heteroatoms. The average molecular weight is 376 g/mol. The van der Waals surface area contributed by atoms with E-state index in [1.54, 1.807) is 12.1 Å². The lowest BCUT2D eigenvalue weighted by Gasteiger charge is -2.19. The summed E-state index contributed by atoms with van der Waals surface area (Å²) < 4.78 is 37.9. The van der Waals surface area contributed by atoms with Crippen LogP contribution in [0.2, 0.25) is 0 Å². The second-order valence-electron chi connectivity index (χ2n) is 7.05. The van der Waals surface area contributed by atoms with E-state index >= 15 is 0 Å². The van der Waals surface area contributed by atoms with Gasteiger partial charge in [0.25, 0.3) is 0 Å². The van der Waals surface area contributed by atoms with Crippen molar-refractivity contribution in [1.82, 2.24) is 10.2 Å². The van der Waals surface area contributed by atoms with Crippen molar-refractivity contribution in [2.75, 3.05) is 13.6 Å². The van der Waals surface area contributed by atoms with Gasteiger partial charge in [0.2, 0.25) is 0 Å². The third-order valence-corrected chi connectivity index (χ3v) is 4.23. The standard InChI is InChI=1S/C22H27F3N2/c1-17-11-20(14-22(23,24)25)13-21(12-17)16-27(3)10-9-18(2)26-15-19-7-5-4-6-8-19/h4-8,11-13,26H,2,9-10,14-16H2,1,3H3. The summed E-state index contributed by atoms with van der Waals surface area (Å²) >= 11 is 0. The molecule has 0 atom stereocenters. The fourth-order valence-electron chi connectivity index (χ4n) is 3.00. The number of alkyl halides is 3. The summed E-state index contributed by atoms with van der Waals surface area (Å²) in [5, 5.41) is 3.32. The number of hydrogen-bond acceptors (Lipinski definition) is 2. The van der Waals surface area contributed by atoms with Crippen LogP contribution in [0.1, 0.15) is 28.7 Å². The van der Waals surface area contributed by atoms with Gasteiger partial charge in [0, 0.05) is 25.3 Å². The lowest BCUT2D eigenvalue weighted by Crippen LogP contribution is -2.22. The van der Waals surface area contributed by atoms with Crippen LogP contribution >= 0.6 is 0 Å². The topological polar surface area (TPSA) is 15.3 Å². The summed E-state index contributed by atoms with van der Waals surface area (Å²) in [5.41, 5.74) is 4.23. The highest BCUT2D eigenvalue weighted by Gasteiger charge is 2.27. The minimum atomic E-state index is -4.18. The molecule has 2 aromatic rings. The van der Waals surface area contributed by atoms with E-state index < -0.39 is 12.6 Å². The quantitative estimate of drug-likeness (QED) is 0.645. The Morgan fingerprint density at radius 2 is 1.70 bits per heavy atom. The van der Waals surface area contributed by atoms with Crippen LogP contribution in [0.5, 0.6) is 0 Å². The first-order valence-corrected chi connectivity index (χ1v) is 9.01. The number of benzene rings is 2. The summed E-state index contributed by atoms with van der Waals surface area (Å²) in [7, 11) is 1.97. The average Bonchev–Trinajstić information content (AvgIpc) is 2.57. The van der Waals surface area contributed by atoms with Gasteiger partial charge in [-0.2, -0.15) is 13.2 Å². The van der Waals surface area contributed by atoms with Gasteiger partial charge in [0.1, 0.15) is 0 Å². The fourth-order valence-corrected chi connectivity index (χ4v) is 3.00. The maximum absolute atomic E-state index is 12.6. The Hall–Kier alpha value is -2.27. The van der Waals surface area contributed by atoms with Gasteiger partial charge in [-0.3, -0.25) is 0 Å². The number of hydrogen-bond donors (Lipinski definition) is 1. The first-order valence-electron chi connectivity index (χ1n) is 9.01. The minimum Gasteiger partial charge on any atom is -0.385 e. The molecule has 2 aromatic carbocycles. The predicted molar refractivity (Wildman–Crippen MR) is 104 cm³/mol. The molecule has 146 valence electrons. The molecule has 0 fully saturated rings. The van der Waals surface area contributed by atoms with Crippen LogP contribution in [-0.2, 0) is 19.5 Å². The van der Waals surface area contributed by atoms with Crippen molar-refractivity contribution in [2.24, 2.45) is 0 Å². The molecule has 0 amide bonds. The van der Waals surface area contributed by atoms with Crippen molar-refractivity contribution in [3.8, 4) is 0 Å². The van der Waals surface area contributed by atoms with E-state index in [9.17, 15) is 13.2 Å².